The summed E-state index contributed by atoms with van der Waals surface area (Å²) in [4.78, 5) is 11.6. The van der Waals surface area contributed by atoms with E-state index in [1.165, 1.54) is 36.8 Å². The van der Waals surface area contributed by atoms with Crippen LogP contribution >= 0.6 is 0 Å². The first-order valence-corrected chi connectivity index (χ1v) is 9.75. The van der Waals surface area contributed by atoms with Crippen molar-refractivity contribution in [3.8, 4) is 0 Å². The van der Waals surface area contributed by atoms with Crippen LogP contribution in [0.2, 0.25) is 0 Å². The topological polar surface area (TPSA) is 61.3 Å². The molecule has 1 aliphatic carbocycles. The van der Waals surface area contributed by atoms with Gasteiger partial charge in [0, 0.05) is 25.2 Å². The van der Waals surface area contributed by atoms with Gasteiger partial charge < -0.3 is 15.3 Å². The Labute approximate surface area is 155 Å². The van der Waals surface area contributed by atoms with E-state index in [1.54, 1.807) is 0 Å². The lowest BCUT2D eigenvalue weighted by atomic mass is 9.96. The van der Waals surface area contributed by atoms with E-state index in [-0.39, 0.29) is 0 Å². The molecule has 0 radical (unpaired) electrons. The molecule has 2 aromatic rings. The summed E-state index contributed by atoms with van der Waals surface area (Å²) in [6.07, 6.45) is 5.66. The number of rotatable bonds is 4. The Hall–Kier alpha value is -2.14. The average Bonchev–Trinajstić information content (AvgIpc) is 3.13. The Morgan fingerprint density at radius 1 is 1.15 bits per heavy atom. The van der Waals surface area contributed by atoms with Crippen LogP contribution in [-0.2, 0) is 13.0 Å². The molecule has 5 nitrogen and oxygen atoms in total. The Morgan fingerprint density at radius 2 is 1.96 bits per heavy atom. The van der Waals surface area contributed by atoms with Crippen LogP contribution in [0.5, 0.6) is 0 Å². The smallest absolute Gasteiger partial charge is 0.134 e. The molecule has 0 unspecified atom stereocenters. The van der Waals surface area contributed by atoms with Crippen molar-refractivity contribution in [2.24, 2.45) is 0 Å². The van der Waals surface area contributed by atoms with Crippen LogP contribution in [0.3, 0.4) is 0 Å². The average molecular weight is 352 g/mol. The highest BCUT2D eigenvalue weighted by molar-refractivity contribution is 5.52. The second-order valence-electron chi connectivity index (χ2n) is 7.66. The van der Waals surface area contributed by atoms with Crippen molar-refractivity contribution in [3.05, 3.63) is 46.8 Å². The Kier molecular flexibility index (Phi) is 4.81. The summed E-state index contributed by atoms with van der Waals surface area (Å²) < 4.78 is 0. The van der Waals surface area contributed by atoms with E-state index in [1.807, 2.05) is 19.9 Å². The molecule has 1 aromatic heterocycles. The van der Waals surface area contributed by atoms with E-state index >= 15 is 0 Å². The van der Waals surface area contributed by atoms with Crippen molar-refractivity contribution in [2.45, 2.75) is 64.6 Å². The zero-order chi connectivity index (χ0) is 18.1. The molecule has 0 amide bonds. The predicted molar refractivity (Wildman–Crippen MR) is 104 cm³/mol. The van der Waals surface area contributed by atoms with Gasteiger partial charge in [0.1, 0.15) is 17.5 Å². The minimum absolute atomic E-state index is 0.410. The second kappa shape index (κ2) is 7.23. The number of nitrogens with zero attached hydrogens (tertiary/aromatic N) is 3. The maximum atomic E-state index is 9.80. The fraction of sp³-hybridized carbons (Fsp3) is 0.524. The summed E-state index contributed by atoms with van der Waals surface area (Å²) in [6, 6.07) is 8.98. The van der Waals surface area contributed by atoms with Crippen molar-refractivity contribution in [2.75, 3.05) is 16.8 Å². The highest BCUT2D eigenvalue weighted by Crippen LogP contribution is 2.28. The number of aryl methyl sites for hydroxylation is 1. The number of aliphatic hydroxyl groups is 1. The molecule has 26 heavy (non-hydrogen) atoms. The minimum Gasteiger partial charge on any atom is -0.389 e. The van der Waals surface area contributed by atoms with Gasteiger partial charge in [0.2, 0.25) is 0 Å². The highest BCUT2D eigenvalue weighted by atomic mass is 16.3. The van der Waals surface area contributed by atoms with E-state index < -0.39 is 6.10 Å². The third-order valence-corrected chi connectivity index (χ3v) is 5.58. The van der Waals surface area contributed by atoms with Gasteiger partial charge in [0.25, 0.3) is 0 Å². The number of aliphatic hydroxyl groups excluding tert-OH is 1. The van der Waals surface area contributed by atoms with Crippen molar-refractivity contribution >= 4 is 11.6 Å². The zero-order valence-corrected chi connectivity index (χ0v) is 15.7. The number of aromatic nitrogens is 2. The van der Waals surface area contributed by atoms with E-state index in [9.17, 15) is 5.11 Å². The number of hydrogen-bond acceptors (Lipinski definition) is 5. The van der Waals surface area contributed by atoms with Crippen LogP contribution in [0.1, 0.15) is 61.2 Å². The van der Waals surface area contributed by atoms with Gasteiger partial charge in [-0.3, -0.25) is 0 Å². The van der Waals surface area contributed by atoms with Gasteiger partial charge in [-0.05, 0) is 49.8 Å². The molecule has 1 saturated carbocycles. The lowest BCUT2D eigenvalue weighted by Crippen LogP contribution is -2.31. The number of anilines is 2. The molecule has 0 bridgehead atoms. The van der Waals surface area contributed by atoms with E-state index in [4.69, 9.17) is 0 Å². The number of nitrogens with one attached hydrogen (secondary N) is 1. The largest absolute Gasteiger partial charge is 0.389 e. The summed E-state index contributed by atoms with van der Waals surface area (Å²) >= 11 is 0. The van der Waals surface area contributed by atoms with E-state index in [2.05, 4.69) is 38.4 Å². The van der Waals surface area contributed by atoms with Gasteiger partial charge >= 0.3 is 0 Å². The maximum absolute atomic E-state index is 9.80. The summed E-state index contributed by atoms with van der Waals surface area (Å²) in [5.74, 6) is 2.77. The molecule has 2 aliphatic rings. The van der Waals surface area contributed by atoms with Gasteiger partial charge in [-0.1, -0.05) is 31.0 Å². The molecule has 1 aromatic carbocycles. The second-order valence-corrected chi connectivity index (χ2v) is 7.66. The molecule has 1 fully saturated rings. The third kappa shape index (κ3) is 3.68. The maximum Gasteiger partial charge on any atom is 0.134 e. The van der Waals surface area contributed by atoms with Crippen LogP contribution in [0.4, 0.5) is 11.6 Å². The molecule has 1 aliphatic heterocycles. The SMILES string of the molecule is Cc1nc(NC2CCCC2)cc(N2CCc3cc([C@H](C)O)ccc3C2)n1. The molecule has 5 heteroatoms. The molecule has 0 saturated heterocycles. The van der Waals surface area contributed by atoms with Gasteiger partial charge in [-0.25, -0.2) is 9.97 Å². The number of fused-ring (bicyclic) bond motifs is 1. The van der Waals surface area contributed by atoms with Crippen molar-refractivity contribution in [3.63, 3.8) is 0 Å². The van der Waals surface area contributed by atoms with Crippen molar-refractivity contribution < 1.29 is 5.11 Å². The van der Waals surface area contributed by atoms with Crippen LogP contribution in [0.25, 0.3) is 0 Å². The summed E-state index contributed by atoms with van der Waals surface area (Å²) in [5, 5.41) is 13.4. The van der Waals surface area contributed by atoms with E-state index in [0.29, 0.717) is 6.04 Å². The van der Waals surface area contributed by atoms with E-state index in [0.717, 1.165) is 42.5 Å². The molecular weight excluding hydrogens is 324 g/mol. The standard InChI is InChI=1S/C21H28N4O/c1-14(26)16-7-8-18-13-25(10-9-17(18)11-16)21-12-20(22-15(2)23-21)24-19-5-3-4-6-19/h7-8,11-12,14,19,26H,3-6,9-10,13H2,1-2H3,(H,22,23,24)/t14-/m0/s1. The van der Waals surface area contributed by atoms with Crippen LogP contribution in [0, 0.1) is 6.92 Å². The lowest BCUT2D eigenvalue weighted by Gasteiger charge is -2.30. The fourth-order valence-electron chi connectivity index (χ4n) is 4.10. The molecule has 2 N–H and O–H groups in total. The first-order valence-electron chi connectivity index (χ1n) is 9.75. The first kappa shape index (κ1) is 17.3. The predicted octanol–water partition coefficient (Wildman–Crippen LogP) is 3.76. The first-order chi connectivity index (χ1) is 12.6. The monoisotopic (exact) mass is 352 g/mol. The van der Waals surface area contributed by atoms with Crippen LogP contribution in [0.15, 0.2) is 24.3 Å². The van der Waals surface area contributed by atoms with Crippen molar-refractivity contribution in [1.29, 1.82) is 0 Å². The molecule has 2 heterocycles. The Balaban J connectivity index is 1.53. The third-order valence-electron chi connectivity index (χ3n) is 5.58. The molecule has 138 valence electrons. The Bertz CT molecular complexity index is 784. The summed E-state index contributed by atoms with van der Waals surface area (Å²) in [6.45, 7) is 5.58. The fourth-order valence-corrected chi connectivity index (χ4v) is 4.10. The van der Waals surface area contributed by atoms with Crippen LogP contribution in [-0.4, -0.2) is 27.7 Å². The quantitative estimate of drug-likeness (QED) is 0.877. The zero-order valence-electron chi connectivity index (χ0n) is 15.7. The van der Waals surface area contributed by atoms with Gasteiger partial charge in [0.05, 0.1) is 6.10 Å². The highest BCUT2D eigenvalue weighted by Gasteiger charge is 2.20. The van der Waals surface area contributed by atoms with Gasteiger partial charge in [-0.2, -0.15) is 0 Å². The summed E-state index contributed by atoms with van der Waals surface area (Å²) in [5.41, 5.74) is 3.66. The molecule has 0 spiro atoms. The molecular formula is C21H28N4O. The molecule has 1 atom stereocenters. The number of hydrogen-bond donors (Lipinski definition) is 2. The lowest BCUT2D eigenvalue weighted by molar-refractivity contribution is 0.199. The normalized spacial score (nSPS) is 18.7. The van der Waals surface area contributed by atoms with Crippen molar-refractivity contribution in [1.82, 2.24) is 9.97 Å². The molecule has 4 rings (SSSR count). The van der Waals surface area contributed by atoms with Gasteiger partial charge in [-0.15, -0.1) is 0 Å². The van der Waals surface area contributed by atoms with Crippen LogP contribution < -0.4 is 10.2 Å². The summed E-state index contributed by atoms with van der Waals surface area (Å²) in [7, 11) is 0. The number of benzene rings is 1. The van der Waals surface area contributed by atoms with Gasteiger partial charge in [0.15, 0.2) is 0 Å². The Morgan fingerprint density at radius 3 is 2.73 bits per heavy atom. The minimum atomic E-state index is -0.410.